The first-order valence-corrected chi connectivity index (χ1v) is 10.3. The molecule has 0 bridgehead atoms. The molecule has 1 fully saturated rings. The zero-order valence-corrected chi connectivity index (χ0v) is 17.3. The molecule has 1 aliphatic carbocycles. The molecule has 0 radical (unpaired) electrons. The lowest BCUT2D eigenvalue weighted by Gasteiger charge is -2.07. The summed E-state index contributed by atoms with van der Waals surface area (Å²) in [6, 6.07) is 5.82. The molecule has 0 unspecified atom stereocenters. The molecule has 0 atom stereocenters. The Morgan fingerprint density at radius 1 is 1.14 bits per heavy atom. The number of ether oxygens (including phenoxy) is 2. The molecule has 4 aromatic rings. The number of benzene rings is 2. The second-order valence-corrected chi connectivity index (χ2v) is 8.45. The molecule has 7 heteroatoms. The maximum absolute atomic E-state index is 14.9. The fraction of sp³-hybridized carbons (Fsp3) is 0.318. The van der Waals surface area contributed by atoms with Crippen molar-refractivity contribution in [2.45, 2.75) is 32.3 Å². The Kier molecular flexibility index (Phi) is 4.44. The van der Waals surface area contributed by atoms with Crippen LogP contribution in [0.5, 0.6) is 5.75 Å². The molecule has 0 spiro atoms. The highest BCUT2D eigenvalue weighted by atomic mass is 32.1. The van der Waals surface area contributed by atoms with Crippen LogP contribution in [-0.2, 0) is 11.3 Å². The van der Waals surface area contributed by atoms with Crippen molar-refractivity contribution in [3.8, 4) is 16.3 Å². The second kappa shape index (κ2) is 7.00. The van der Waals surface area contributed by atoms with Crippen molar-refractivity contribution in [2.75, 3.05) is 14.2 Å². The molecular weight excluding hydrogens is 389 g/mol. The Hall–Kier alpha value is -2.64. The van der Waals surface area contributed by atoms with Crippen LogP contribution in [0.25, 0.3) is 31.8 Å². The average Bonchev–Trinajstić information content (AvgIpc) is 3.45. The summed E-state index contributed by atoms with van der Waals surface area (Å²) < 4.78 is 26.3. The monoisotopic (exact) mass is 409 g/mol. The van der Waals surface area contributed by atoms with Gasteiger partial charge in [0.1, 0.15) is 5.01 Å². The lowest BCUT2D eigenvalue weighted by molar-refractivity contribution is 0.181. The molecule has 0 aliphatic heterocycles. The maximum atomic E-state index is 14.9. The zero-order valence-electron chi connectivity index (χ0n) is 16.5. The van der Waals surface area contributed by atoms with Gasteiger partial charge in [-0.05, 0) is 43.4 Å². The largest absolute Gasteiger partial charge is 0.494 e. The van der Waals surface area contributed by atoms with Gasteiger partial charge in [0, 0.05) is 24.3 Å². The standard InChI is InChI=1S/C22H20FN3O2S/c1-11-6-14(20-15(7-11)25-13(9-24-20)10-27-2)22-26-21-17(29-22)8-16(28-3)19(23)18(21)12-4-5-12/h6-9,12H,4-5,10H2,1-3H3. The van der Waals surface area contributed by atoms with Crippen LogP contribution in [0.3, 0.4) is 0 Å². The van der Waals surface area contributed by atoms with Gasteiger partial charge in [-0.3, -0.25) is 4.98 Å². The molecule has 2 aromatic carbocycles. The Balaban J connectivity index is 1.73. The Morgan fingerprint density at radius 3 is 2.69 bits per heavy atom. The third-order valence-electron chi connectivity index (χ3n) is 5.19. The fourth-order valence-corrected chi connectivity index (χ4v) is 4.76. The van der Waals surface area contributed by atoms with Gasteiger partial charge in [-0.25, -0.2) is 14.4 Å². The fourth-order valence-electron chi connectivity index (χ4n) is 3.73. The number of aryl methyl sites for hydroxylation is 1. The highest BCUT2D eigenvalue weighted by Crippen LogP contribution is 2.48. The Morgan fingerprint density at radius 2 is 1.97 bits per heavy atom. The van der Waals surface area contributed by atoms with Crippen LogP contribution in [-0.4, -0.2) is 29.2 Å². The van der Waals surface area contributed by atoms with Crippen LogP contribution >= 0.6 is 11.3 Å². The van der Waals surface area contributed by atoms with E-state index < -0.39 is 0 Å². The summed E-state index contributed by atoms with van der Waals surface area (Å²) in [6.45, 7) is 2.44. The molecule has 1 saturated carbocycles. The summed E-state index contributed by atoms with van der Waals surface area (Å²) in [6.07, 6.45) is 3.72. The molecular formula is C22H20FN3O2S. The summed E-state index contributed by atoms with van der Waals surface area (Å²) in [5.74, 6) is 0.235. The number of halogens is 1. The number of thiazole rings is 1. The number of methoxy groups -OCH3 is 2. The van der Waals surface area contributed by atoms with Crippen molar-refractivity contribution in [3.05, 3.63) is 47.0 Å². The molecule has 5 nitrogen and oxygen atoms in total. The highest BCUT2D eigenvalue weighted by Gasteiger charge is 2.32. The van der Waals surface area contributed by atoms with Crippen molar-refractivity contribution in [1.29, 1.82) is 0 Å². The van der Waals surface area contributed by atoms with Crippen molar-refractivity contribution in [3.63, 3.8) is 0 Å². The topological polar surface area (TPSA) is 57.1 Å². The first-order chi connectivity index (χ1) is 14.1. The minimum Gasteiger partial charge on any atom is -0.494 e. The molecule has 2 heterocycles. The van der Waals surface area contributed by atoms with E-state index in [-0.39, 0.29) is 17.5 Å². The molecule has 29 heavy (non-hydrogen) atoms. The first kappa shape index (κ1) is 18.4. The van der Waals surface area contributed by atoms with Crippen molar-refractivity contribution < 1.29 is 13.9 Å². The zero-order chi connectivity index (χ0) is 20.1. The lowest BCUT2D eigenvalue weighted by Crippen LogP contribution is -1.97. The predicted molar refractivity (Wildman–Crippen MR) is 112 cm³/mol. The molecule has 0 saturated heterocycles. The van der Waals surface area contributed by atoms with E-state index in [1.807, 2.05) is 13.0 Å². The minimum absolute atomic E-state index is 0.230. The molecule has 5 rings (SSSR count). The summed E-state index contributed by atoms with van der Waals surface area (Å²) in [5, 5.41) is 0.817. The van der Waals surface area contributed by atoms with E-state index in [9.17, 15) is 4.39 Å². The third kappa shape index (κ3) is 3.14. The van der Waals surface area contributed by atoms with E-state index in [1.165, 1.54) is 18.4 Å². The SMILES string of the molecule is COCc1cnc2c(-c3nc4c(C5CC5)c(F)c(OC)cc4s3)cc(C)cc2n1. The third-order valence-corrected chi connectivity index (χ3v) is 6.23. The number of hydrogen-bond acceptors (Lipinski definition) is 6. The number of hydrogen-bond donors (Lipinski definition) is 0. The van der Waals surface area contributed by atoms with Gasteiger partial charge in [-0.2, -0.15) is 0 Å². The van der Waals surface area contributed by atoms with Gasteiger partial charge in [0.25, 0.3) is 0 Å². The van der Waals surface area contributed by atoms with Gasteiger partial charge in [-0.15, -0.1) is 11.3 Å². The van der Waals surface area contributed by atoms with E-state index in [1.54, 1.807) is 19.4 Å². The maximum Gasteiger partial charge on any atom is 0.170 e. The molecule has 1 aliphatic rings. The van der Waals surface area contributed by atoms with E-state index >= 15 is 0 Å². The van der Waals surface area contributed by atoms with Crippen LogP contribution in [0.4, 0.5) is 4.39 Å². The van der Waals surface area contributed by atoms with Gasteiger partial charge in [0.05, 0.1) is 46.9 Å². The van der Waals surface area contributed by atoms with Gasteiger partial charge in [0.15, 0.2) is 11.6 Å². The average molecular weight is 409 g/mol. The highest BCUT2D eigenvalue weighted by molar-refractivity contribution is 7.21. The lowest BCUT2D eigenvalue weighted by atomic mass is 10.1. The van der Waals surface area contributed by atoms with Gasteiger partial charge >= 0.3 is 0 Å². The quantitative estimate of drug-likeness (QED) is 0.443. The van der Waals surface area contributed by atoms with Crippen LogP contribution in [0.2, 0.25) is 0 Å². The summed E-state index contributed by atoms with van der Waals surface area (Å²) in [7, 11) is 3.14. The first-order valence-electron chi connectivity index (χ1n) is 9.51. The second-order valence-electron chi connectivity index (χ2n) is 7.42. The molecule has 0 N–H and O–H groups in total. The molecule has 0 amide bonds. The summed E-state index contributed by atoms with van der Waals surface area (Å²) in [4.78, 5) is 14.2. The normalized spacial score (nSPS) is 14.1. The number of rotatable bonds is 5. The minimum atomic E-state index is -0.280. The van der Waals surface area contributed by atoms with Crippen LogP contribution in [0.15, 0.2) is 24.4 Å². The molecule has 148 valence electrons. The van der Waals surface area contributed by atoms with Gasteiger partial charge < -0.3 is 9.47 Å². The van der Waals surface area contributed by atoms with E-state index in [0.29, 0.717) is 12.2 Å². The van der Waals surface area contributed by atoms with Crippen LogP contribution in [0.1, 0.15) is 35.6 Å². The Labute approximate surface area is 171 Å². The van der Waals surface area contributed by atoms with Crippen molar-refractivity contribution >= 4 is 32.6 Å². The van der Waals surface area contributed by atoms with Gasteiger partial charge in [-0.1, -0.05) is 0 Å². The summed E-state index contributed by atoms with van der Waals surface area (Å²) >= 11 is 1.54. The van der Waals surface area contributed by atoms with E-state index in [2.05, 4.69) is 16.0 Å². The molecule has 2 aromatic heterocycles. The number of nitrogens with zero attached hydrogens (tertiary/aromatic N) is 3. The van der Waals surface area contributed by atoms with Crippen LogP contribution < -0.4 is 4.74 Å². The smallest absolute Gasteiger partial charge is 0.170 e. The van der Waals surface area contributed by atoms with Crippen molar-refractivity contribution in [1.82, 2.24) is 15.0 Å². The number of fused-ring (bicyclic) bond motifs is 2. The predicted octanol–water partition coefficient (Wildman–Crippen LogP) is 5.39. The van der Waals surface area contributed by atoms with Crippen molar-refractivity contribution in [2.24, 2.45) is 0 Å². The Bertz CT molecular complexity index is 1250. The van der Waals surface area contributed by atoms with Gasteiger partial charge in [0.2, 0.25) is 0 Å². The number of aromatic nitrogens is 3. The van der Waals surface area contributed by atoms with Crippen LogP contribution in [0, 0.1) is 12.7 Å². The summed E-state index contributed by atoms with van der Waals surface area (Å²) in [5.41, 5.74) is 5.79. The van der Waals surface area contributed by atoms with E-state index in [4.69, 9.17) is 14.5 Å². The van der Waals surface area contributed by atoms with E-state index in [0.717, 1.165) is 55.9 Å².